The van der Waals surface area contributed by atoms with Gasteiger partial charge in [-0.15, -0.1) is 0 Å². The Morgan fingerprint density at radius 1 is 1.24 bits per heavy atom. The van der Waals surface area contributed by atoms with Crippen LogP contribution in [0, 0.1) is 17.8 Å². The summed E-state index contributed by atoms with van der Waals surface area (Å²) in [6.45, 7) is 10.1. The zero-order chi connectivity index (χ0) is 24.5. The third-order valence-corrected chi connectivity index (χ3v) is 6.83. The average molecular weight is 465 g/mol. The minimum Gasteiger partial charge on any atom is -0.457 e. The van der Waals surface area contributed by atoms with Crippen LogP contribution in [0.2, 0.25) is 0 Å². The van der Waals surface area contributed by atoms with E-state index in [0.29, 0.717) is 25.2 Å². The number of carbonyl (C=O) groups excluding carboxylic acids is 1. The molecule has 0 aromatic heterocycles. The summed E-state index contributed by atoms with van der Waals surface area (Å²) < 4.78 is 11.5. The van der Waals surface area contributed by atoms with Gasteiger partial charge in [0.2, 0.25) is 0 Å². The molecule has 0 amide bonds. The zero-order valence-electron chi connectivity index (χ0n) is 20.9. The standard InChI is InChI=1S/C27H44O6/c1-6-23(30)20(5)27-24(32-27)15-17(2)9-7-10-18(3)26-19(4)13-14-21(28)11-8-12-22(29)16-25(31)33-26/h7,9-10,13-14,17,19-24,26-30H,6,8,11-12,15-16H2,1-5H3/b9-7+,14-13+,18-10+/t17-,19-,20+,21+,22+,23-,24+,26-,27+/m0/s1. The number of aliphatic hydroxyl groups excluding tert-OH is 3. The monoisotopic (exact) mass is 464 g/mol. The van der Waals surface area contributed by atoms with Crippen molar-refractivity contribution in [2.45, 2.75) is 110 Å². The van der Waals surface area contributed by atoms with Gasteiger partial charge in [0.25, 0.3) is 0 Å². The Hall–Kier alpha value is -1.47. The van der Waals surface area contributed by atoms with Gasteiger partial charge in [-0.2, -0.15) is 0 Å². The third kappa shape index (κ3) is 9.36. The number of allylic oxidation sites excluding steroid dienone is 3. The van der Waals surface area contributed by atoms with Crippen LogP contribution in [0.15, 0.2) is 36.0 Å². The van der Waals surface area contributed by atoms with E-state index in [1.807, 2.05) is 45.9 Å². The van der Waals surface area contributed by atoms with E-state index in [4.69, 9.17) is 9.47 Å². The minimum atomic E-state index is -0.747. The van der Waals surface area contributed by atoms with E-state index in [2.05, 4.69) is 13.0 Å². The van der Waals surface area contributed by atoms with Crippen molar-refractivity contribution < 1.29 is 29.6 Å². The number of esters is 1. The molecule has 0 saturated carbocycles. The molecule has 2 aliphatic heterocycles. The maximum absolute atomic E-state index is 12.4. The molecule has 6 nitrogen and oxygen atoms in total. The first-order valence-electron chi connectivity index (χ1n) is 12.5. The number of aliphatic hydroxyl groups is 3. The molecular weight excluding hydrogens is 420 g/mol. The highest BCUT2D eigenvalue weighted by molar-refractivity contribution is 5.70. The first-order valence-corrected chi connectivity index (χ1v) is 12.5. The van der Waals surface area contributed by atoms with Crippen molar-refractivity contribution in [1.29, 1.82) is 0 Å². The van der Waals surface area contributed by atoms with E-state index < -0.39 is 24.3 Å². The summed E-state index contributed by atoms with van der Waals surface area (Å²) in [5.41, 5.74) is 0.908. The van der Waals surface area contributed by atoms with Crippen molar-refractivity contribution in [3.63, 3.8) is 0 Å². The van der Waals surface area contributed by atoms with Crippen molar-refractivity contribution in [1.82, 2.24) is 0 Å². The van der Waals surface area contributed by atoms with Crippen molar-refractivity contribution in [2.24, 2.45) is 17.8 Å². The molecule has 0 radical (unpaired) electrons. The second-order valence-corrected chi connectivity index (χ2v) is 9.99. The molecule has 188 valence electrons. The second-order valence-electron chi connectivity index (χ2n) is 9.99. The molecule has 3 N–H and O–H groups in total. The average Bonchev–Trinajstić information content (AvgIpc) is 3.52. The van der Waals surface area contributed by atoms with E-state index in [1.165, 1.54) is 0 Å². The SMILES string of the molecule is CC[C@H](O)[C@@H](C)[C@H]1O[C@@H]1C[C@@H](C)/C=C/C=C(\C)[C@@H]1OC(=O)C[C@H](O)CCC[C@@H](O)/C=C/[C@@H]1C. The Morgan fingerprint density at radius 3 is 2.67 bits per heavy atom. The summed E-state index contributed by atoms with van der Waals surface area (Å²) in [5.74, 6) is -0.0363. The number of hydrogen-bond donors (Lipinski definition) is 3. The van der Waals surface area contributed by atoms with Gasteiger partial charge in [-0.1, -0.05) is 58.1 Å². The Bertz CT molecular complexity index is 699. The largest absolute Gasteiger partial charge is 0.457 e. The lowest BCUT2D eigenvalue weighted by atomic mass is 9.93. The molecule has 2 aliphatic rings. The van der Waals surface area contributed by atoms with Gasteiger partial charge < -0.3 is 24.8 Å². The molecule has 6 heteroatoms. The van der Waals surface area contributed by atoms with Crippen LogP contribution >= 0.6 is 0 Å². The molecule has 2 rings (SSSR count). The first kappa shape index (κ1) is 27.8. The van der Waals surface area contributed by atoms with Gasteiger partial charge in [0, 0.05) is 11.8 Å². The Kier molecular flexibility index (Phi) is 11.3. The van der Waals surface area contributed by atoms with Crippen LogP contribution in [0.1, 0.15) is 73.1 Å². The fraction of sp³-hybridized carbons (Fsp3) is 0.741. The lowest BCUT2D eigenvalue weighted by molar-refractivity contribution is -0.151. The lowest BCUT2D eigenvalue weighted by Crippen LogP contribution is -2.28. The molecule has 0 unspecified atom stereocenters. The van der Waals surface area contributed by atoms with E-state index in [0.717, 1.165) is 18.4 Å². The number of epoxide rings is 1. The van der Waals surface area contributed by atoms with E-state index in [9.17, 15) is 20.1 Å². The normalized spacial score (nSPS) is 35.8. The van der Waals surface area contributed by atoms with Crippen molar-refractivity contribution in [3.8, 4) is 0 Å². The van der Waals surface area contributed by atoms with Crippen LogP contribution in [-0.2, 0) is 14.3 Å². The summed E-state index contributed by atoms with van der Waals surface area (Å²) in [7, 11) is 0. The first-order chi connectivity index (χ1) is 15.6. The van der Waals surface area contributed by atoms with E-state index in [1.54, 1.807) is 6.08 Å². The van der Waals surface area contributed by atoms with E-state index >= 15 is 0 Å². The van der Waals surface area contributed by atoms with Gasteiger partial charge in [0.1, 0.15) is 6.10 Å². The summed E-state index contributed by atoms with van der Waals surface area (Å²) in [6, 6.07) is 0. The van der Waals surface area contributed by atoms with Gasteiger partial charge in [-0.25, -0.2) is 0 Å². The third-order valence-electron chi connectivity index (χ3n) is 6.83. The van der Waals surface area contributed by atoms with Crippen LogP contribution < -0.4 is 0 Å². The highest BCUT2D eigenvalue weighted by Crippen LogP contribution is 2.36. The molecule has 0 bridgehead atoms. The van der Waals surface area contributed by atoms with Crippen molar-refractivity contribution in [2.75, 3.05) is 0 Å². The number of ether oxygens (including phenoxy) is 2. The number of cyclic esters (lactones) is 1. The predicted molar refractivity (Wildman–Crippen MR) is 129 cm³/mol. The summed E-state index contributed by atoms with van der Waals surface area (Å²) in [4.78, 5) is 12.4. The molecule has 0 aromatic carbocycles. The molecule has 0 spiro atoms. The number of rotatable bonds is 8. The van der Waals surface area contributed by atoms with Gasteiger partial charge in [-0.3, -0.25) is 4.79 Å². The minimum absolute atomic E-state index is 0.0309. The molecular formula is C27H44O6. The Balaban J connectivity index is 1.97. The Morgan fingerprint density at radius 2 is 1.97 bits per heavy atom. The molecule has 9 atom stereocenters. The van der Waals surface area contributed by atoms with Crippen LogP contribution in [0.25, 0.3) is 0 Å². The van der Waals surface area contributed by atoms with Crippen LogP contribution in [0.3, 0.4) is 0 Å². The topological polar surface area (TPSA) is 99.5 Å². The van der Waals surface area contributed by atoms with Gasteiger partial charge in [0.15, 0.2) is 0 Å². The highest BCUT2D eigenvalue weighted by atomic mass is 16.6. The quantitative estimate of drug-likeness (QED) is 0.217. The second kappa shape index (κ2) is 13.4. The molecule has 1 saturated heterocycles. The molecule has 0 aromatic rings. The molecule has 33 heavy (non-hydrogen) atoms. The molecule has 0 aliphatic carbocycles. The van der Waals surface area contributed by atoms with Crippen LogP contribution in [-0.4, -0.2) is 57.9 Å². The van der Waals surface area contributed by atoms with Gasteiger partial charge >= 0.3 is 5.97 Å². The van der Waals surface area contributed by atoms with E-state index in [-0.39, 0.29) is 36.6 Å². The maximum Gasteiger partial charge on any atom is 0.309 e. The number of hydrogen-bond acceptors (Lipinski definition) is 6. The van der Waals surface area contributed by atoms with Crippen molar-refractivity contribution >= 4 is 5.97 Å². The molecule has 1 fully saturated rings. The van der Waals surface area contributed by atoms with Gasteiger partial charge in [0.05, 0.1) is 36.9 Å². The summed E-state index contributed by atoms with van der Waals surface area (Å²) in [6.07, 6.45) is 11.3. The Labute approximate surface area is 199 Å². The van der Waals surface area contributed by atoms with Crippen LogP contribution in [0.4, 0.5) is 0 Å². The van der Waals surface area contributed by atoms with Crippen LogP contribution in [0.5, 0.6) is 0 Å². The fourth-order valence-electron chi connectivity index (χ4n) is 4.50. The zero-order valence-corrected chi connectivity index (χ0v) is 20.9. The number of carbonyl (C=O) groups is 1. The summed E-state index contributed by atoms with van der Waals surface area (Å²) in [5, 5.41) is 30.2. The fourth-order valence-corrected chi connectivity index (χ4v) is 4.50. The predicted octanol–water partition coefficient (Wildman–Crippen LogP) is 4.09. The lowest BCUT2D eigenvalue weighted by Gasteiger charge is -2.24. The van der Waals surface area contributed by atoms with Gasteiger partial charge in [-0.05, 0) is 50.5 Å². The van der Waals surface area contributed by atoms with Crippen molar-refractivity contribution in [3.05, 3.63) is 36.0 Å². The maximum atomic E-state index is 12.4. The summed E-state index contributed by atoms with van der Waals surface area (Å²) >= 11 is 0. The molecule has 2 heterocycles. The highest BCUT2D eigenvalue weighted by Gasteiger charge is 2.44. The smallest absolute Gasteiger partial charge is 0.309 e.